The highest BCUT2D eigenvalue weighted by Gasteiger charge is 2.22. The van der Waals surface area contributed by atoms with Gasteiger partial charge in [0.05, 0.1) is 23.5 Å². The molecule has 7 heteroatoms. The highest BCUT2D eigenvalue weighted by atomic mass is 35.5. The summed E-state index contributed by atoms with van der Waals surface area (Å²) in [5.74, 6) is -0.0759. The van der Waals surface area contributed by atoms with Gasteiger partial charge in [-0.25, -0.2) is 0 Å². The molecule has 2 aromatic heterocycles. The second kappa shape index (κ2) is 6.30. The van der Waals surface area contributed by atoms with Crippen molar-refractivity contribution in [2.75, 3.05) is 0 Å². The lowest BCUT2D eigenvalue weighted by molar-refractivity contribution is -0.125. The summed E-state index contributed by atoms with van der Waals surface area (Å²) in [5.41, 5.74) is 2.05. The molecule has 0 aliphatic carbocycles. The first-order valence-electron chi connectivity index (χ1n) is 6.92. The van der Waals surface area contributed by atoms with E-state index in [2.05, 4.69) is 15.5 Å². The summed E-state index contributed by atoms with van der Waals surface area (Å²) < 4.78 is 3.39. The zero-order valence-corrected chi connectivity index (χ0v) is 13.4. The monoisotopic (exact) mass is 309 g/mol. The van der Waals surface area contributed by atoms with Gasteiger partial charge in [-0.05, 0) is 20.3 Å². The molecule has 21 heavy (non-hydrogen) atoms. The maximum absolute atomic E-state index is 12.4. The fraction of sp³-hybridized carbons (Fsp3) is 0.500. The summed E-state index contributed by atoms with van der Waals surface area (Å²) in [7, 11) is 1.88. The second-order valence-corrected chi connectivity index (χ2v) is 5.54. The molecule has 0 saturated heterocycles. The van der Waals surface area contributed by atoms with E-state index in [0.717, 1.165) is 11.3 Å². The van der Waals surface area contributed by atoms with Gasteiger partial charge in [0, 0.05) is 24.5 Å². The van der Waals surface area contributed by atoms with E-state index in [1.54, 1.807) is 21.8 Å². The van der Waals surface area contributed by atoms with Gasteiger partial charge in [0.15, 0.2) is 0 Å². The lowest BCUT2D eigenvalue weighted by atomic mass is 10.1. The minimum atomic E-state index is -0.364. The molecule has 0 radical (unpaired) electrons. The van der Waals surface area contributed by atoms with Gasteiger partial charge in [0.2, 0.25) is 5.91 Å². The Morgan fingerprint density at radius 2 is 2.14 bits per heavy atom. The molecule has 114 valence electrons. The zero-order valence-electron chi connectivity index (χ0n) is 12.7. The Bertz CT molecular complexity index is 633. The van der Waals surface area contributed by atoms with Crippen molar-refractivity contribution in [3.05, 3.63) is 34.9 Å². The van der Waals surface area contributed by atoms with Crippen molar-refractivity contribution >= 4 is 17.5 Å². The van der Waals surface area contributed by atoms with E-state index in [4.69, 9.17) is 11.6 Å². The lowest BCUT2D eigenvalue weighted by Gasteiger charge is -2.19. The number of carbonyl (C=O) groups is 1. The lowest BCUT2D eigenvalue weighted by Crippen LogP contribution is -2.34. The standard InChI is InChI=1S/C14H20ClN5O/c1-5-13(20-8-11(15)6-17-20)14(21)18-9(2)12-7-16-19(4)10(12)3/h6-9,13H,5H2,1-4H3,(H,18,21). The molecule has 0 aromatic carbocycles. The van der Waals surface area contributed by atoms with Crippen LogP contribution in [0.2, 0.25) is 5.02 Å². The van der Waals surface area contributed by atoms with Crippen LogP contribution in [-0.4, -0.2) is 25.5 Å². The maximum Gasteiger partial charge on any atom is 0.245 e. The van der Waals surface area contributed by atoms with Crippen molar-refractivity contribution in [3.63, 3.8) is 0 Å². The first-order valence-corrected chi connectivity index (χ1v) is 7.30. The van der Waals surface area contributed by atoms with Crippen molar-refractivity contribution < 1.29 is 4.79 Å². The van der Waals surface area contributed by atoms with E-state index < -0.39 is 0 Å². The first kappa shape index (κ1) is 15.6. The van der Waals surface area contributed by atoms with Gasteiger partial charge in [0.1, 0.15) is 6.04 Å². The molecule has 2 heterocycles. The Hall–Kier alpha value is -1.82. The Labute approximate surface area is 129 Å². The predicted octanol–water partition coefficient (Wildman–Crippen LogP) is 2.41. The summed E-state index contributed by atoms with van der Waals surface area (Å²) in [6.45, 7) is 5.88. The van der Waals surface area contributed by atoms with Crippen molar-refractivity contribution in [3.8, 4) is 0 Å². The molecule has 0 bridgehead atoms. The highest BCUT2D eigenvalue weighted by molar-refractivity contribution is 6.30. The van der Waals surface area contributed by atoms with Crippen molar-refractivity contribution in [2.45, 2.75) is 39.3 Å². The fourth-order valence-electron chi connectivity index (χ4n) is 2.31. The molecule has 0 aliphatic rings. The smallest absolute Gasteiger partial charge is 0.245 e. The van der Waals surface area contributed by atoms with Crippen molar-refractivity contribution in [1.82, 2.24) is 24.9 Å². The molecule has 6 nitrogen and oxygen atoms in total. The van der Waals surface area contributed by atoms with Crippen molar-refractivity contribution in [1.29, 1.82) is 0 Å². The summed E-state index contributed by atoms with van der Waals surface area (Å²) in [6, 6.07) is -0.469. The Morgan fingerprint density at radius 3 is 2.62 bits per heavy atom. The molecular formula is C14H20ClN5O. The van der Waals surface area contributed by atoms with Crippen LogP contribution in [0.4, 0.5) is 0 Å². The van der Waals surface area contributed by atoms with Gasteiger partial charge in [-0.2, -0.15) is 10.2 Å². The number of hydrogen-bond donors (Lipinski definition) is 1. The van der Waals surface area contributed by atoms with Gasteiger partial charge in [-0.15, -0.1) is 0 Å². The van der Waals surface area contributed by atoms with Gasteiger partial charge in [-0.3, -0.25) is 14.2 Å². The minimum Gasteiger partial charge on any atom is -0.348 e. The summed E-state index contributed by atoms with van der Waals surface area (Å²) in [5, 5.41) is 11.9. The van der Waals surface area contributed by atoms with Crippen LogP contribution in [0.25, 0.3) is 0 Å². The van der Waals surface area contributed by atoms with Crippen LogP contribution in [0, 0.1) is 6.92 Å². The van der Waals surface area contributed by atoms with E-state index in [1.807, 2.05) is 27.8 Å². The third-order valence-corrected chi connectivity index (χ3v) is 3.87. The van der Waals surface area contributed by atoms with Crippen LogP contribution in [0.15, 0.2) is 18.6 Å². The largest absolute Gasteiger partial charge is 0.348 e. The second-order valence-electron chi connectivity index (χ2n) is 5.10. The van der Waals surface area contributed by atoms with Gasteiger partial charge in [0.25, 0.3) is 0 Å². The summed E-state index contributed by atoms with van der Waals surface area (Å²) >= 11 is 5.87. The van der Waals surface area contributed by atoms with Crippen molar-refractivity contribution in [2.24, 2.45) is 7.05 Å². The number of nitrogens with one attached hydrogen (secondary N) is 1. The molecule has 2 unspecified atom stereocenters. The van der Waals surface area contributed by atoms with Gasteiger partial charge >= 0.3 is 0 Å². The maximum atomic E-state index is 12.4. The molecule has 1 amide bonds. The third-order valence-electron chi connectivity index (χ3n) is 3.68. The molecule has 2 atom stereocenters. The van der Waals surface area contributed by atoms with Crippen LogP contribution >= 0.6 is 11.6 Å². The average Bonchev–Trinajstić information content (AvgIpc) is 2.98. The fourth-order valence-corrected chi connectivity index (χ4v) is 2.45. The molecular weight excluding hydrogens is 290 g/mol. The molecule has 2 rings (SSSR count). The number of rotatable bonds is 5. The zero-order chi connectivity index (χ0) is 15.6. The molecule has 0 spiro atoms. The van der Waals surface area contributed by atoms with Crippen LogP contribution in [0.1, 0.15) is 43.6 Å². The average molecular weight is 310 g/mol. The number of amides is 1. The third kappa shape index (κ3) is 3.26. The minimum absolute atomic E-state index is 0.0759. The number of halogens is 1. The van der Waals surface area contributed by atoms with Gasteiger partial charge < -0.3 is 5.32 Å². The number of nitrogens with zero attached hydrogens (tertiary/aromatic N) is 4. The molecule has 0 saturated carbocycles. The first-order chi connectivity index (χ1) is 9.93. The van der Waals surface area contributed by atoms with E-state index in [0.29, 0.717) is 11.4 Å². The topological polar surface area (TPSA) is 64.7 Å². The number of carbonyl (C=O) groups excluding carboxylic acids is 1. The molecule has 0 fully saturated rings. The Balaban J connectivity index is 2.11. The Kier molecular flexibility index (Phi) is 4.67. The SMILES string of the molecule is CCC(C(=O)NC(C)c1cnn(C)c1C)n1cc(Cl)cn1. The Morgan fingerprint density at radius 1 is 1.43 bits per heavy atom. The molecule has 1 N–H and O–H groups in total. The van der Waals surface area contributed by atoms with E-state index >= 15 is 0 Å². The van der Waals surface area contributed by atoms with Crippen LogP contribution < -0.4 is 5.32 Å². The van der Waals surface area contributed by atoms with Gasteiger partial charge in [-0.1, -0.05) is 18.5 Å². The van der Waals surface area contributed by atoms with E-state index in [9.17, 15) is 4.79 Å². The quantitative estimate of drug-likeness (QED) is 0.922. The van der Waals surface area contributed by atoms with E-state index in [-0.39, 0.29) is 18.0 Å². The normalized spacial score (nSPS) is 14.0. The van der Waals surface area contributed by atoms with Crippen LogP contribution in [0.5, 0.6) is 0 Å². The number of aromatic nitrogens is 4. The highest BCUT2D eigenvalue weighted by Crippen LogP contribution is 2.19. The molecule has 0 aliphatic heterocycles. The number of hydrogen-bond acceptors (Lipinski definition) is 3. The molecule has 2 aromatic rings. The van der Waals surface area contributed by atoms with E-state index in [1.165, 1.54) is 6.20 Å². The predicted molar refractivity (Wildman–Crippen MR) is 81.1 cm³/mol. The number of aryl methyl sites for hydroxylation is 1. The summed E-state index contributed by atoms with van der Waals surface area (Å²) in [6.07, 6.45) is 5.62. The summed E-state index contributed by atoms with van der Waals surface area (Å²) in [4.78, 5) is 12.4. The van der Waals surface area contributed by atoms with Crippen LogP contribution in [-0.2, 0) is 11.8 Å². The van der Waals surface area contributed by atoms with Crippen LogP contribution in [0.3, 0.4) is 0 Å².